The second-order valence-electron chi connectivity index (χ2n) is 6.04. The summed E-state index contributed by atoms with van der Waals surface area (Å²) in [4.78, 5) is 22.8. The summed E-state index contributed by atoms with van der Waals surface area (Å²) in [6.07, 6.45) is 1.59. The zero-order valence-electron chi connectivity index (χ0n) is 15.6. The summed E-state index contributed by atoms with van der Waals surface area (Å²) in [6, 6.07) is 10.8. The van der Waals surface area contributed by atoms with Crippen LogP contribution in [0.2, 0.25) is 5.02 Å². The van der Waals surface area contributed by atoms with Crippen LogP contribution >= 0.6 is 11.6 Å². The fourth-order valence-electron chi connectivity index (χ4n) is 2.49. The van der Waals surface area contributed by atoms with Gasteiger partial charge in [0.15, 0.2) is 12.4 Å². The molecule has 1 amide bonds. The third kappa shape index (κ3) is 4.82. The quantitative estimate of drug-likeness (QED) is 0.459. The second kappa shape index (κ2) is 8.61. The Bertz CT molecular complexity index is 1070. The molecule has 29 heavy (non-hydrogen) atoms. The number of hydrogen-bond acceptors (Lipinski definition) is 6. The van der Waals surface area contributed by atoms with Crippen molar-refractivity contribution in [1.29, 1.82) is 0 Å². The molecule has 0 fully saturated rings. The Morgan fingerprint density at radius 2 is 2.03 bits per heavy atom. The van der Waals surface area contributed by atoms with Crippen LogP contribution in [0.15, 0.2) is 48.7 Å². The van der Waals surface area contributed by atoms with Crippen LogP contribution in [-0.2, 0) is 6.73 Å². The molecule has 1 aromatic heterocycles. The molecule has 0 atom stereocenters. The first-order chi connectivity index (χ1) is 13.9. The van der Waals surface area contributed by atoms with Gasteiger partial charge < -0.3 is 14.8 Å². The molecule has 2 aromatic carbocycles. The number of nitrogens with zero attached hydrogens (tertiary/aromatic N) is 3. The molecular weight excluding hydrogens is 400 g/mol. The number of benzene rings is 2. The Balaban J connectivity index is 1.68. The highest BCUT2D eigenvalue weighted by molar-refractivity contribution is 6.32. The number of aryl methyl sites for hydroxylation is 1. The normalized spacial score (nSPS) is 10.4. The largest absolute Gasteiger partial charge is 0.494 e. The highest BCUT2D eigenvalue weighted by atomic mass is 35.5. The van der Waals surface area contributed by atoms with Crippen molar-refractivity contribution in [2.75, 3.05) is 12.4 Å². The van der Waals surface area contributed by atoms with Crippen LogP contribution in [0.25, 0.3) is 0 Å². The van der Waals surface area contributed by atoms with Gasteiger partial charge >= 0.3 is 0 Å². The number of nitro groups is 1. The molecule has 0 radical (unpaired) electrons. The lowest BCUT2D eigenvalue weighted by molar-refractivity contribution is -0.384. The number of carbonyl (C=O) groups excluding carboxylic acids is 1. The van der Waals surface area contributed by atoms with Crippen LogP contribution in [0.3, 0.4) is 0 Å². The highest BCUT2D eigenvalue weighted by Crippen LogP contribution is 2.29. The molecule has 0 bridgehead atoms. The third-order valence-electron chi connectivity index (χ3n) is 3.96. The summed E-state index contributed by atoms with van der Waals surface area (Å²) in [7, 11) is 1.36. The van der Waals surface area contributed by atoms with Gasteiger partial charge in [0.1, 0.15) is 11.5 Å². The monoisotopic (exact) mass is 416 g/mol. The minimum absolute atomic E-state index is 0.0668. The fourth-order valence-corrected chi connectivity index (χ4v) is 2.67. The van der Waals surface area contributed by atoms with Crippen LogP contribution < -0.4 is 14.8 Å². The van der Waals surface area contributed by atoms with Gasteiger partial charge in [0.05, 0.1) is 28.8 Å². The molecule has 150 valence electrons. The van der Waals surface area contributed by atoms with Crippen molar-refractivity contribution in [2.45, 2.75) is 13.7 Å². The topological polar surface area (TPSA) is 109 Å². The summed E-state index contributed by atoms with van der Waals surface area (Å²) in [5.74, 6) is 0.192. The predicted molar refractivity (Wildman–Crippen MR) is 107 cm³/mol. The lowest BCUT2D eigenvalue weighted by Crippen LogP contribution is -2.15. The van der Waals surface area contributed by atoms with Crippen LogP contribution in [0.1, 0.15) is 16.1 Å². The summed E-state index contributed by atoms with van der Waals surface area (Å²) in [6.45, 7) is 1.99. The van der Waals surface area contributed by atoms with Crippen molar-refractivity contribution in [3.63, 3.8) is 0 Å². The van der Waals surface area contributed by atoms with E-state index in [1.165, 1.54) is 36.1 Å². The number of halogens is 1. The van der Waals surface area contributed by atoms with Gasteiger partial charge in [-0.15, -0.1) is 0 Å². The average molecular weight is 417 g/mol. The molecule has 0 spiro atoms. The first-order valence-electron chi connectivity index (χ1n) is 8.43. The van der Waals surface area contributed by atoms with Crippen molar-refractivity contribution in [3.05, 3.63) is 75.1 Å². The predicted octanol–water partition coefficient (Wildman–Crippen LogP) is 4.05. The number of nitro benzene ring substituents is 1. The zero-order chi connectivity index (χ0) is 21.0. The van der Waals surface area contributed by atoms with Gasteiger partial charge in [-0.2, -0.15) is 5.10 Å². The zero-order valence-corrected chi connectivity index (χ0v) is 16.3. The highest BCUT2D eigenvalue weighted by Gasteiger charge is 2.16. The van der Waals surface area contributed by atoms with Gasteiger partial charge in [-0.1, -0.05) is 17.7 Å². The van der Waals surface area contributed by atoms with Crippen molar-refractivity contribution in [2.24, 2.45) is 0 Å². The Kier molecular flexibility index (Phi) is 5.99. The standard InChI is InChI=1S/C19H17ClN4O5/c1-12-3-5-14(20)17(9-12)29-11-23-8-7-16(22-23)19(25)21-15-6-4-13(24(26)27)10-18(15)28-2/h3-10H,11H2,1-2H3,(H,21,25). The number of methoxy groups -OCH3 is 1. The Morgan fingerprint density at radius 1 is 1.24 bits per heavy atom. The van der Waals surface area contributed by atoms with E-state index in [0.29, 0.717) is 16.5 Å². The molecule has 0 unspecified atom stereocenters. The molecule has 9 nitrogen and oxygen atoms in total. The van der Waals surface area contributed by atoms with Gasteiger partial charge in [-0.3, -0.25) is 14.9 Å². The summed E-state index contributed by atoms with van der Waals surface area (Å²) in [5, 5.41) is 18.1. The third-order valence-corrected chi connectivity index (χ3v) is 4.27. The fraction of sp³-hybridized carbons (Fsp3) is 0.158. The summed E-state index contributed by atoms with van der Waals surface area (Å²) >= 11 is 6.09. The van der Waals surface area contributed by atoms with E-state index in [9.17, 15) is 14.9 Å². The van der Waals surface area contributed by atoms with Gasteiger partial charge in [-0.25, -0.2) is 4.68 Å². The number of non-ortho nitro benzene ring substituents is 1. The Hall–Kier alpha value is -3.59. The average Bonchev–Trinajstić information content (AvgIpc) is 3.18. The maximum Gasteiger partial charge on any atom is 0.276 e. The first-order valence-corrected chi connectivity index (χ1v) is 8.81. The van der Waals surface area contributed by atoms with Gasteiger partial charge in [-0.05, 0) is 36.8 Å². The molecule has 0 saturated carbocycles. The summed E-state index contributed by atoms with van der Waals surface area (Å²) in [5.41, 5.74) is 1.29. The number of hydrogen-bond donors (Lipinski definition) is 1. The SMILES string of the molecule is COc1cc([N+](=O)[O-])ccc1NC(=O)c1ccn(COc2cc(C)ccc2Cl)n1. The van der Waals surface area contributed by atoms with E-state index in [0.717, 1.165) is 5.56 Å². The van der Waals surface area contributed by atoms with Gasteiger partial charge in [0.25, 0.3) is 11.6 Å². The van der Waals surface area contributed by atoms with E-state index in [1.54, 1.807) is 18.3 Å². The van der Waals surface area contributed by atoms with E-state index in [-0.39, 0.29) is 23.9 Å². The Morgan fingerprint density at radius 3 is 2.76 bits per heavy atom. The molecule has 10 heteroatoms. The van der Waals surface area contributed by atoms with Crippen molar-refractivity contribution in [3.8, 4) is 11.5 Å². The van der Waals surface area contributed by atoms with Crippen LogP contribution in [-0.4, -0.2) is 27.7 Å². The van der Waals surface area contributed by atoms with E-state index >= 15 is 0 Å². The molecule has 0 aliphatic carbocycles. The number of carbonyl (C=O) groups is 1. The van der Waals surface area contributed by atoms with E-state index < -0.39 is 10.8 Å². The molecule has 0 saturated heterocycles. The van der Waals surface area contributed by atoms with Crippen LogP contribution in [0, 0.1) is 17.0 Å². The maximum absolute atomic E-state index is 12.4. The Labute approximate surface area is 171 Å². The molecule has 1 heterocycles. The number of rotatable bonds is 7. The lowest BCUT2D eigenvalue weighted by Gasteiger charge is -2.09. The van der Waals surface area contributed by atoms with Crippen LogP contribution in [0.4, 0.5) is 11.4 Å². The van der Waals surface area contributed by atoms with E-state index in [1.807, 2.05) is 13.0 Å². The minimum atomic E-state index is -0.545. The van der Waals surface area contributed by atoms with Gasteiger partial charge in [0.2, 0.25) is 0 Å². The van der Waals surface area contributed by atoms with Crippen molar-refractivity contribution >= 4 is 28.9 Å². The summed E-state index contributed by atoms with van der Waals surface area (Å²) < 4.78 is 12.2. The molecular formula is C19H17ClN4O5. The molecule has 3 aromatic rings. The maximum atomic E-state index is 12.4. The smallest absolute Gasteiger partial charge is 0.276 e. The number of anilines is 1. The lowest BCUT2D eigenvalue weighted by atomic mass is 10.2. The van der Waals surface area contributed by atoms with Crippen molar-refractivity contribution < 1.29 is 19.2 Å². The molecule has 0 aliphatic rings. The molecule has 1 N–H and O–H groups in total. The first kappa shape index (κ1) is 20.2. The number of nitrogens with one attached hydrogen (secondary N) is 1. The number of amides is 1. The second-order valence-corrected chi connectivity index (χ2v) is 6.45. The van der Waals surface area contributed by atoms with Gasteiger partial charge in [0, 0.05) is 12.3 Å². The number of aromatic nitrogens is 2. The van der Waals surface area contributed by atoms with Crippen molar-refractivity contribution in [1.82, 2.24) is 9.78 Å². The minimum Gasteiger partial charge on any atom is -0.494 e. The van der Waals surface area contributed by atoms with E-state index in [2.05, 4.69) is 10.4 Å². The molecule has 0 aliphatic heterocycles. The molecule has 3 rings (SSSR count). The van der Waals surface area contributed by atoms with E-state index in [4.69, 9.17) is 21.1 Å². The van der Waals surface area contributed by atoms with Crippen LogP contribution in [0.5, 0.6) is 11.5 Å². The number of ether oxygens (including phenoxy) is 2.